The van der Waals surface area contributed by atoms with Crippen molar-refractivity contribution < 1.29 is 14.3 Å². The number of pyridine rings is 1. The van der Waals surface area contributed by atoms with E-state index in [1.165, 1.54) is 6.20 Å². The Bertz CT molecular complexity index is 508. The molecule has 1 aromatic carbocycles. The summed E-state index contributed by atoms with van der Waals surface area (Å²) < 4.78 is 10.5. The van der Waals surface area contributed by atoms with Crippen LogP contribution in [0.15, 0.2) is 48.8 Å². The molecule has 2 aromatic rings. The van der Waals surface area contributed by atoms with Crippen LogP contribution < -0.4 is 9.47 Å². The summed E-state index contributed by atoms with van der Waals surface area (Å²) in [6.07, 6.45) is 3.11. The fourth-order valence-corrected chi connectivity index (χ4v) is 1.43. The number of ether oxygens (including phenoxy) is 2. The van der Waals surface area contributed by atoms with Crippen molar-refractivity contribution in [3.05, 3.63) is 54.4 Å². The van der Waals surface area contributed by atoms with Crippen LogP contribution in [-0.2, 0) is 0 Å². The van der Waals surface area contributed by atoms with Crippen molar-refractivity contribution in [1.82, 2.24) is 4.98 Å². The average Bonchev–Trinajstić information content (AvgIpc) is 2.41. The Morgan fingerprint density at radius 2 is 1.94 bits per heavy atom. The van der Waals surface area contributed by atoms with Crippen molar-refractivity contribution in [2.24, 2.45) is 0 Å². The second-order valence-electron chi connectivity index (χ2n) is 3.54. The van der Waals surface area contributed by atoms with Gasteiger partial charge >= 0.3 is 5.97 Å². The summed E-state index contributed by atoms with van der Waals surface area (Å²) in [6.45, 7) is 2.50. The molecular formula is C14H13NO3. The first-order chi connectivity index (χ1) is 8.79. The molecule has 0 radical (unpaired) electrons. The molecule has 0 aliphatic rings. The third kappa shape index (κ3) is 3.07. The molecule has 0 amide bonds. The van der Waals surface area contributed by atoms with Crippen LogP contribution in [0, 0.1) is 0 Å². The monoisotopic (exact) mass is 243 g/mol. The molecular weight excluding hydrogens is 230 g/mol. The summed E-state index contributed by atoms with van der Waals surface area (Å²) in [4.78, 5) is 15.7. The Kier molecular flexibility index (Phi) is 3.91. The van der Waals surface area contributed by atoms with Gasteiger partial charge in [0.05, 0.1) is 18.4 Å². The van der Waals surface area contributed by atoms with Gasteiger partial charge in [-0.05, 0) is 43.3 Å². The zero-order valence-electron chi connectivity index (χ0n) is 10.00. The van der Waals surface area contributed by atoms with Crippen molar-refractivity contribution in [3.8, 4) is 11.5 Å². The van der Waals surface area contributed by atoms with Gasteiger partial charge in [-0.25, -0.2) is 4.79 Å². The molecule has 0 aliphatic carbocycles. The summed E-state index contributed by atoms with van der Waals surface area (Å²) in [5.74, 6) is 0.748. The Morgan fingerprint density at radius 1 is 1.17 bits per heavy atom. The van der Waals surface area contributed by atoms with Gasteiger partial charge in [-0.3, -0.25) is 4.98 Å². The molecule has 0 N–H and O–H groups in total. The number of hydrogen-bond acceptors (Lipinski definition) is 4. The molecule has 0 fully saturated rings. The largest absolute Gasteiger partial charge is 0.494 e. The zero-order chi connectivity index (χ0) is 12.8. The number of carbonyl (C=O) groups excluding carboxylic acids is 1. The Balaban J connectivity index is 2.05. The molecule has 1 heterocycles. The van der Waals surface area contributed by atoms with E-state index in [4.69, 9.17) is 9.47 Å². The normalized spacial score (nSPS) is 9.83. The van der Waals surface area contributed by atoms with Crippen molar-refractivity contribution in [2.75, 3.05) is 6.61 Å². The molecule has 2 rings (SSSR count). The first-order valence-electron chi connectivity index (χ1n) is 5.64. The summed E-state index contributed by atoms with van der Waals surface area (Å²) in [5.41, 5.74) is 0.474. The van der Waals surface area contributed by atoms with Gasteiger partial charge in [-0.2, -0.15) is 0 Å². The summed E-state index contributed by atoms with van der Waals surface area (Å²) >= 11 is 0. The minimum absolute atomic E-state index is 0.411. The molecule has 0 spiro atoms. The standard InChI is InChI=1S/C14H13NO3/c1-2-17-12-7-5-11(6-8-12)14(16)18-13-4-3-9-15-10-13/h3-10H,2H2,1H3. The first-order valence-corrected chi connectivity index (χ1v) is 5.64. The third-order valence-corrected chi connectivity index (χ3v) is 2.25. The van der Waals surface area contributed by atoms with E-state index in [2.05, 4.69) is 4.98 Å². The van der Waals surface area contributed by atoms with Crippen LogP contribution >= 0.6 is 0 Å². The quantitative estimate of drug-likeness (QED) is 0.775. The van der Waals surface area contributed by atoms with Crippen LogP contribution in [0.5, 0.6) is 11.5 Å². The minimum atomic E-state index is -0.411. The molecule has 0 atom stereocenters. The van der Waals surface area contributed by atoms with Crippen molar-refractivity contribution >= 4 is 5.97 Å². The van der Waals surface area contributed by atoms with Crippen LogP contribution in [0.3, 0.4) is 0 Å². The predicted octanol–water partition coefficient (Wildman–Crippen LogP) is 2.70. The molecule has 0 saturated carbocycles. The van der Waals surface area contributed by atoms with E-state index >= 15 is 0 Å². The van der Waals surface area contributed by atoms with Crippen molar-refractivity contribution in [2.45, 2.75) is 6.92 Å². The fourth-order valence-electron chi connectivity index (χ4n) is 1.43. The van der Waals surface area contributed by atoms with E-state index < -0.39 is 5.97 Å². The van der Waals surface area contributed by atoms with E-state index in [9.17, 15) is 4.79 Å². The Hall–Kier alpha value is -2.36. The second kappa shape index (κ2) is 5.82. The van der Waals surface area contributed by atoms with Crippen LogP contribution in [0.25, 0.3) is 0 Å². The van der Waals surface area contributed by atoms with Crippen LogP contribution in [0.2, 0.25) is 0 Å². The SMILES string of the molecule is CCOc1ccc(C(=O)Oc2cccnc2)cc1. The minimum Gasteiger partial charge on any atom is -0.494 e. The number of carbonyl (C=O) groups is 1. The molecule has 18 heavy (non-hydrogen) atoms. The van der Waals surface area contributed by atoms with Gasteiger partial charge in [0.15, 0.2) is 0 Å². The molecule has 0 unspecified atom stereocenters. The van der Waals surface area contributed by atoms with Gasteiger partial charge in [-0.15, -0.1) is 0 Å². The predicted molar refractivity (Wildman–Crippen MR) is 66.8 cm³/mol. The van der Waals surface area contributed by atoms with E-state index in [0.717, 1.165) is 5.75 Å². The highest BCUT2D eigenvalue weighted by molar-refractivity contribution is 5.91. The summed E-state index contributed by atoms with van der Waals surface area (Å²) in [6, 6.07) is 10.2. The van der Waals surface area contributed by atoms with Crippen molar-refractivity contribution in [1.29, 1.82) is 0 Å². The van der Waals surface area contributed by atoms with Crippen LogP contribution in [-0.4, -0.2) is 17.6 Å². The fraction of sp³-hybridized carbons (Fsp3) is 0.143. The number of aromatic nitrogens is 1. The zero-order valence-corrected chi connectivity index (χ0v) is 10.00. The molecule has 0 saturated heterocycles. The Labute approximate surface area is 105 Å². The molecule has 4 nitrogen and oxygen atoms in total. The van der Waals surface area contributed by atoms with E-state index in [0.29, 0.717) is 17.9 Å². The second-order valence-corrected chi connectivity index (χ2v) is 3.54. The number of hydrogen-bond donors (Lipinski definition) is 0. The lowest BCUT2D eigenvalue weighted by Crippen LogP contribution is -2.08. The number of rotatable bonds is 4. The van der Waals surface area contributed by atoms with Gasteiger partial charge in [0.1, 0.15) is 11.5 Å². The van der Waals surface area contributed by atoms with Gasteiger partial charge in [0.25, 0.3) is 0 Å². The lowest BCUT2D eigenvalue weighted by atomic mass is 10.2. The first kappa shape index (κ1) is 12.1. The van der Waals surface area contributed by atoms with Gasteiger partial charge in [0.2, 0.25) is 0 Å². The van der Waals surface area contributed by atoms with E-state index in [1.807, 2.05) is 6.92 Å². The van der Waals surface area contributed by atoms with Crippen LogP contribution in [0.1, 0.15) is 17.3 Å². The molecule has 1 aromatic heterocycles. The number of benzene rings is 1. The number of esters is 1. The van der Waals surface area contributed by atoms with Crippen molar-refractivity contribution in [3.63, 3.8) is 0 Å². The summed E-state index contributed by atoms with van der Waals surface area (Å²) in [5, 5.41) is 0. The van der Waals surface area contributed by atoms with Gasteiger partial charge in [0, 0.05) is 6.20 Å². The van der Waals surface area contributed by atoms with Gasteiger partial charge < -0.3 is 9.47 Å². The third-order valence-electron chi connectivity index (χ3n) is 2.25. The van der Waals surface area contributed by atoms with E-state index in [-0.39, 0.29) is 0 Å². The molecule has 4 heteroatoms. The maximum atomic E-state index is 11.8. The van der Waals surface area contributed by atoms with Gasteiger partial charge in [-0.1, -0.05) is 0 Å². The number of nitrogens with zero attached hydrogens (tertiary/aromatic N) is 1. The smallest absolute Gasteiger partial charge is 0.343 e. The Morgan fingerprint density at radius 3 is 2.56 bits per heavy atom. The lowest BCUT2D eigenvalue weighted by Gasteiger charge is -2.05. The highest BCUT2D eigenvalue weighted by Crippen LogP contribution is 2.14. The molecule has 0 aliphatic heterocycles. The van der Waals surface area contributed by atoms with Crippen LogP contribution in [0.4, 0.5) is 0 Å². The molecule has 92 valence electrons. The van der Waals surface area contributed by atoms with E-state index in [1.54, 1.807) is 42.6 Å². The highest BCUT2D eigenvalue weighted by atomic mass is 16.5. The topological polar surface area (TPSA) is 48.4 Å². The maximum Gasteiger partial charge on any atom is 0.343 e. The maximum absolute atomic E-state index is 11.8. The summed E-state index contributed by atoms with van der Waals surface area (Å²) in [7, 11) is 0. The molecule has 0 bridgehead atoms. The highest BCUT2D eigenvalue weighted by Gasteiger charge is 2.08. The average molecular weight is 243 g/mol. The lowest BCUT2D eigenvalue weighted by molar-refractivity contribution is 0.0734.